The maximum atomic E-state index is 15.0. The lowest BCUT2D eigenvalue weighted by molar-refractivity contribution is -0.158. The maximum Gasteiger partial charge on any atom is 0.407 e. The number of carbonyl (C=O) groups is 4. The van der Waals surface area contributed by atoms with Gasteiger partial charge in [-0.05, 0) is 73.2 Å². The fraction of sp³-hybridized carbons (Fsp3) is 0.269. The number of amides is 2. The first-order valence-electron chi connectivity index (χ1n) is 21.6. The third kappa shape index (κ3) is 9.46. The molecule has 0 saturated carbocycles. The number of hydrogen-bond donors (Lipinski definition) is 1. The van der Waals surface area contributed by atoms with Crippen LogP contribution in [0.4, 0.5) is 4.79 Å². The molecule has 65 heavy (non-hydrogen) atoms. The van der Waals surface area contributed by atoms with E-state index in [2.05, 4.69) is 5.32 Å². The Labute approximate surface area is 376 Å². The molecule has 1 N–H and O–H groups in total. The van der Waals surface area contributed by atoms with Gasteiger partial charge in [-0.2, -0.15) is 4.57 Å². The summed E-state index contributed by atoms with van der Waals surface area (Å²) in [7, 11) is 0. The van der Waals surface area contributed by atoms with Crippen LogP contribution in [0.3, 0.4) is 0 Å². The van der Waals surface area contributed by atoms with Crippen molar-refractivity contribution in [1.29, 1.82) is 0 Å². The summed E-state index contributed by atoms with van der Waals surface area (Å²) in [5, 5.41) is 2.73. The summed E-state index contributed by atoms with van der Waals surface area (Å²) in [4.78, 5) is 86.2. The number of hydrogen-bond acceptors (Lipinski definition) is 9. The molecule has 1 fully saturated rings. The van der Waals surface area contributed by atoms with Crippen LogP contribution in [0.25, 0.3) is 11.1 Å². The fourth-order valence-electron chi connectivity index (χ4n) is 8.60. The molecule has 2 heterocycles. The molecule has 0 bridgehead atoms. The van der Waals surface area contributed by atoms with Gasteiger partial charge in [-0.1, -0.05) is 127 Å². The fourth-order valence-corrected chi connectivity index (χ4v) is 8.60. The van der Waals surface area contributed by atoms with Crippen molar-refractivity contribution in [1.82, 2.24) is 19.4 Å². The monoisotopic (exact) mass is 874 g/mol. The van der Waals surface area contributed by atoms with Gasteiger partial charge in [0.15, 0.2) is 6.10 Å². The van der Waals surface area contributed by atoms with Crippen molar-refractivity contribution in [2.24, 2.45) is 0 Å². The van der Waals surface area contributed by atoms with E-state index >= 15 is 4.79 Å². The molecule has 1 aliphatic heterocycles. The van der Waals surface area contributed by atoms with E-state index in [0.29, 0.717) is 15.7 Å². The number of aryl methyl sites for hydroxylation is 1. The first-order chi connectivity index (χ1) is 31.3. The van der Waals surface area contributed by atoms with Crippen molar-refractivity contribution < 1.29 is 33.4 Å². The van der Waals surface area contributed by atoms with Gasteiger partial charge in [0.25, 0.3) is 11.5 Å². The van der Waals surface area contributed by atoms with Crippen LogP contribution in [0.1, 0.15) is 83.4 Å². The van der Waals surface area contributed by atoms with Gasteiger partial charge in [-0.15, -0.1) is 0 Å². The van der Waals surface area contributed by atoms with Crippen molar-refractivity contribution >= 4 is 23.9 Å². The largest absolute Gasteiger partial charge is 0.451 e. The van der Waals surface area contributed by atoms with E-state index in [-0.39, 0.29) is 43.2 Å². The molecule has 6 aromatic rings. The minimum atomic E-state index is -1.36. The molecular formula is C52H50N4O9. The number of benzene rings is 5. The number of nitrogens with zero attached hydrogens (tertiary/aromatic N) is 3. The van der Waals surface area contributed by atoms with Crippen LogP contribution in [0.5, 0.6) is 0 Å². The van der Waals surface area contributed by atoms with Crippen molar-refractivity contribution in [2.45, 2.75) is 69.9 Å². The van der Waals surface area contributed by atoms with Gasteiger partial charge in [0.05, 0.1) is 18.2 Å². The highest BCUT2D eigenvalue weighted by Crippen LogP contribution is 2.44. The Kier molecular flexibility index (Phi) is 12.8. The summed E-state index contributed by atoms with van der Waals surface area (Å²) in [6, 6.07) is 38.6. The Morgan fingerprint density at radius 1 is 0.738 bits per heavy atom. The molecule has 3 atom stereocenters. The SMILES string of the molecule is Cc1cn([C@@H]2C[C@H](C(=O)OC(c3ccccc3)c3ccccc3)N(C(=O)[C@H](COC(C)(C)C)NC(=O)OCC3c4ccccc4-c4ccccc43)C2)c(=O)n(C(=O)c2ccccc2)c1=O. The van der Waals surface area contributed by atoms with Gasteiger partial charge in [0, 0.05) is 36.2 Å². The van der Waals surface area contributed by atoms with Crippen molar-refractivity contribution in [3.8, 4) is 11.1 Å². The van der Waals surface area contributed by atoms with E-state index in [4.69, 9.17) is 14.2 Å². The third-order valence-corrected chi connectivity index (χ3v) is 11.8. The Morgan fingerprint density at radius 2 is 1.28 bits per heavy atom. The Bertz CT molecular complexity index is 2750. The molecule has 5 aromatic carbocycles. The topological polar surface area (TPSA) is 155 Å². The van der Waals surface area contributed by atoms with E-state index in [0.717, 1.165) is 22.3 Å². The summed E-state index contributed by atoms with van der Waals surface area (Å²) < 4.78 is 20.1. The number of rotatable bonds is 12. The Hall–Kier alpha value is -7.38. The van der Waals surface area contributed by atoms with Gasteiger partial charge in [-0.25, -0.2) is 14.4 Å². The van der Waals surface area contributed by atoms with Crippen LogP contribution in [0, 0.1) is 6.92 Å². The quantitative estimate of drug-likeness (QED) is 0.126. The number of esters is 1. The molecular weight excluding hydrogens is 825 g/mol. The molecule has 2 amide bonds. The highest BCUT2D eigenvalue weighted by atomic mass is 16.6. The van der Waals surface area contributed by atoms with Gasteiger partial charge < -0.3 is 24.4 Å². The Morgan fingerprint density at radius 3 is 1.85 bits per heavy atom. The predicted octanol–water partition coefficient (Wildman–Crippen LogP) is 7.20. The smallest absolute Gasteiger partial charge is 0.407 e. The van der Waals surface area contributed by atoms with Crippen molar-refractivity contribution in [3.05, 3.63) is 200 Å². The second-order valence-corrected chi connectivity index (χ2v) is 17.3. The molecule has 0 radical (unpaired) electrons. The third-order valence-electron chi connectivity index (χ3n) is 11.8. The lowest BCUT2D eigenvalue weighted by atomic mass is 9.98. The van der Waals surface area contributed by atoms with Crippen LogP contribution >= 0.6 is 0 Å². The summed E-state index contributed by atoms with van der Waals surface area (Å²) in [6.07, 6.45) is -0.526. The van der Waals surface area contributed by atoms with E-state index in [1.54, 1.807) is 18.2 Å². The second kappa shape index (κ2) is 18.8. The molecule has 13 nitrogen and oxygen atoms in total. The lowest BCUT2D eigenvalue weighted by Gasteiger charge is -2.31. The Balaban J connectivity index is 1.12. The average molecular weight is 875 g/mol. The predicted molar refractivity (Wildman–Crippen MR) is 244 cm³/mol. The molecule has 332 valence electrons. The van der Waals surface area contributed by atoms with Crippen molar-refractivity contribution in [2.75, 3.05) is 19.8 Å². The van der Waals surface area contributed by atoms with E-state index < -0.39 is 65.0 Å². The number of ether oxygens (including phenoxy) is 3. The van der Waals surface area contributed by atoms with Crippen LogP contribution < -0.4 is 16.6 Å². The number of fused-ring (bicyclic) bond motifs is 3. The highest BCUT2D eigenvalue weighted by molar-refractivity contribution is 5.95. The van der Waals surface area contributed by atoms with Crippen LogP contribution in [-0.4, -0.2) is 75.4 Å². The van der Waals surface area contributed by atoms with Gasteiger partial charge in [-0.3, -0.25) is 19.0 Å². The minimum Gasteiger partial charge on any atom is -0.451 e. The first kappa shape index (κ1) is 44.2. The number of aromatic nitrogens is 2. The van der Waals surface area contributed by atoms with Crippen LogP contribution in [-0.2, 0) is 23.8 Å². The number of nitrogens with one attached hydrogen (secondary N) is 1. The average Bonchev–Trinajstić information content (AvgIpc) is 3.90. The first-order valence-corrected chi connectivity index (χ1v) is 21.6. The molecule has 1 aromatic heterocycles. The van der Waals surface area contributed by atoms with Crippen molar-refractivity contribution in [3.63, 3.8) is 0 Å². The number of alkyl carbamates (subject to hydrolysis) is 1. The zero-order valence-corrected chi connectivity index (χ0v) is 36.6. The molecule has 8 rings (SSSR count). The molecule has 1 aliphatic carbocycles. The summed E-state index contributed by atoms with van der Waals surface area (Å²) in [5.74, 6) is -2.52. The molecule has 1 saturated heterocycles. The van der Waals surface area contributed by atoms with Crippen LogP contribution in [0.15, 0.2) is 155 Å². The second-order valence-electron chi connectivity index (χ2n) is 17.3. The lowest BCUT2D eigenvalue weighted by Crippen LogP contribution is -2.54. The van der Waals surface area contributed by atoms with E-state index in [1.807, 2.05) is 130 Å². The van der Waals surface area contributed by atoms with E-state index in [9.17, 15) is 24.0 Å². The minimum absolute atomic E-state index is 0.0122. The zero-order chi connectivity index (χ0) is 45.8. The van der Waals surface area contributed by atoms with Gasteiger partial charge in [0.1, 0.15) is 18.7 Å². The summed E-state index contributed by atoms with van der Waals surface area (Å²) in [6.45, 7) is 6.38. The molecule has 0 spiro atoms. The molecule has 2 aliphatic rings. The number of likely N-dealkylation sites (tertiary alicyclic amines) is 1. The summed E-state index contributed by atoms with van der Waals surface area (Å²) >= 11 is 0. The summed E-state index contributed by atoms with van der Waals surface area (Å²) in [5.41, 5.74) is 3.28. The standard InChI is InChI=1S/C52H50N4O9/c1-33-29-54(51(62)56(46(33)57)47(58)36-22-12-7-13-23-36)37-28-44(49(60)65-45(34-18-8-5-9-19-34)35-20-10-6-11-21-35)55(30-37)48(59)43(32-64-52(2,3)4)53-50(61)63-31-42-40-26-16-14-24-38(40)39-25-15-17-27-41(39)42/h5-27,29,37,42-45H,28,30-32H2,1-4H3,(H,53,61)/t37-,43+,44-/m1/s1. The normalized spacial score (nSPS) is 16.1. The molecule has 13 heteroatoms. The van der Waals surface area contributed by atoms with E-state index in [1.165, 1.54) is 34.7 Å². The number of carbonyl (C=O) groups excluding carboxylic acids is 4. The molecule has 0 unspecified atom stereocenters. The zero-order valence-electron chi connectivity index (χ0n) is 36.6. The highest BCUT2D eigenvalue weighted by Gasteiger charge is 2.45. The maximum absolute atomic E-state index is 15.0. The van der Waals surface area contributed by atoms with Gasteiger partial charge in [0.2, 0.25) is 5.91 Å². The van der Waals surface area contributed by atoms with Crippen LogP contribution in [0.2, 0.25) is 0 Å². The van der Waals surface area contributed by atoms with Gasteiger partial charge >= 0.3 is 17.8 Å².